The molecule has 0 spiro atoms. The Labute approximate surface area is 164 Å². The molecule has 0 aliphatic heterocycles. The van der Waals surface area contributed by atoms with Crippen molar-refractivity contribution in [1.82, 2.24) is 14.5 Å². The number of nitrogens with zero attached hydrogens (tertiary/aromatic N) is 4. The molecule has 3 rings (SSSR count). The molecule has 2 heterocycles. The molecule has 0 bridgehead atoms. The first-order chi connectivity index (χ1) is 12.8. The molecule has 2 aromatic rings. The Hall–Kier alpha value is -2.02. The van der Waals surface area contributed by atoms with Crippen LogP contribution in [-0.2, 0) is 4.74 Å². The Morgan fingerprint density at radius 1 is 1.44 bits per heavy atom. The molecule has 144 valence electrons. The van der Waals surface area contributed by atoms with E-state index in [0.717, 1.165) is 29.4 Å². The number of hydrogen-bond acceptors (Lipinski definition) is 5. The van der Waals surface area contributed by atoms with Crippen LogP contribution in [0.15, 0.2) is 47.5 Å². The fourth-order valence-corrected chi connectivity index (χ4v) is 4.05. The van der Waals surface area contributed by atoms with E-state index in [1.54, 1.807) is 20.0 Å². The van der Waals surface area contributed by atoms with Gasteiger partial charge in [0.15, 0.2) is 5.79 Å². The minimum atomic E-state index is -1.21. The molecule has 0 saturated heterocycles. The lowest BCUT2D eigenvalue weighted by atomic mass is 9.94. The summed E-state index contributed by atoms with van der Waals surface area (Å²) in [6.07, 6.45) is 10.6. The smallest absolute Gasteiger partial charge is 0.160 e. The van der Waals surface area contributed by atoms with Gasteiger partial charge in [-0.1, -0.05) is 17.7 Å². The van der Waals surface area contributed by atoms with Crippen LogP contribution in [0.2, 0.25) is 5.15 Å². The Morgan fingerprint density at radius 3 is 2.89 bits per heavy atom. The molecule has 1 aliphatic rings. The van der Waals surface area contributed by atoms with Crippen LogP contribution in [0.25, 0.3) is 11.0 Å². The maximum Gasteiger partial charge on any atom is 0.160 e. The first-order valence-electron chi connectivity index (χ1n) is 9.00. The van der Waals surface area contributed by atoms with E-state index in [9.17, 15) is 5.11 Å². The minimum Gasteiger partial charge on any atom is -0.366 e. The molecular formula is C20H25ClN4O2. The molecule has 0 aromatic carbocycles. The molecule has 1 saturated carbocycles. The molecule has 1 aliphatic carbocycles. The van der Waals surface area contributed by atoms with Crippen LogP contribution < -0.4 is 0 Å². The van der Waals surface area contributed by atoms with Gasteiger partial charge in [0.05, 0.1) is 11.5 Å². The standard InChI is InChI=1S/C20H25ClN4O2/c1-5-13(6-8-22-4)16-10-14(11-17(16)27-20(2,3)26)25-9-7-15-18(21)23-12-24-19(15)25/h5-9,12,14,16-17,26H,4,10-11H2,1-3H3/b8-6-,13-5+/t14-,16-,17+/m1/s1. The molecule has 27 heavy (non-hydrogen) atoms. The van der Waals surface area contributed by atoms with Crippen molar-refractivity contribution in [2.45, 2.75) is 51.5 Å². The predicted molar refractivity (Wildman–Crippen MR) is 108 cm³/mol. The molecule has 3 atom stereocenters. The van der Waals surface area contributed by atoms with E-state index in [1.807, 2.05) is 25.3 Å². The van der Waals surface area contributed by atoms with E-state index in [1.165, 1.54) is 6.33 Å². The van der Waals surface area contributed by atoms with Gasteiger partial charge in [-0.05, 0) is 58.0 Å². The SMILES string of the molecule is C=N/C=C\C(=C/C)[C@H]1C[C@@H](n2ccc3c(Cl)ncnc32)C[C@@H]1OC(C)(C)O. The third-order valence-electron chi connectivity index (χ3n) is 4.91. The van der Waals surface area contributed by atoms with E-state index in [-0.39, 0.29) is 18.1 Å². The van der Waals surface area contributed by atoms with Crippen molar-refractivity contribution >= 4 is 29.4 Å². The van der Waals surface area contributed by atoms with E-state index in [2.05, 4.69) is 32.3 Å². The minimum absolute atomic E-state index is 0.124. The molecule has 1 fully saturated rings. The number of aromatic nitrogens is 3. The van der Waals surface area contributed by atoms with Gasteiger partial charge in [-0.15, -0.1) is 0 Å². The van der Waals surface area contributed by atoms with Gasteiger partial charge in [0.1, 0.15) is 17.1 Å². The summed E-state index contributed by atoms with van der Waals surface area (Å²) in [5.74, 6) is -1.08. The number of fused-ring (bicyclic) bond motifs is 1. The largest absolute Gasteiger partial charge is 0.366 e. The second-order valence-electron chi connectivity index (χ2n) is 7.25. The molecular weight excluding hydrogens is 364 g/mol. The van der Waals surface area contributed by atoms with Gasteiger partial charge in [0, 0.05) is 24.4 Å². The van der Waals surface area contributed by atoms with Gasteiger partial charge in [-0.3, -0.25) is 4.99 Å². The normalized spacial score (nSPS) is 24.2. The second kappa shape index (κ2) is 7.92. The van der Waals surface area contributed by atoms with Crippen molar-refractivity contribution in [2.75, 3.05) is 0 Å². The Kier molecular flexibility index (Phi) is 5.79. The van der Waals surface area contributed by atoms with Gasteiger partial charge in [0.25, 0.3) is 0 Å². The van der Waals surface area contributed by atoms with Gasteiger partial charge in [0.2, 0.25) is 0 Å². The monoisotopic (exact) mass is 388 g/mol. The number of hydrogen-bond donors (Lipinski definition) is 1. The first kappa shape index (κ1) is 19.7. The average Bonchev–Trinajstić information content (AvgIpc) is 3.19. The summed E-state index contributed by atoms with van der Waals surface area (Å²) in [5, 5.41) is 11.5. The van der Waals surface area contributed by atoms with Crippen LogP contribution >= 0.6 is 11.6 Å². The highest BCUT2D eigenvalue weighted by Gasteiger charge is 2.40. The lowest BCUT2D eigenvalue weighted by Gasteiger charge is -2.28. The van der Waals surface area contributed by atoms with E-state index in [0.29, 0.717) is 5.15 Å². The van der Waals surface area contributed by atoms with Crippen molar-refractivity contribution in [2.24, 2.45) is 10.9 Å². The number of halogens is 1. The summed E-state index contributed by atoms with van der Waals surface area (Å²) in [6, 6.07) is 2.11. The van der Waals surface area contributed by atoms with Crippen molar-refractivity contribution < 1.29 is 9.84 Å². The van der Waals surface area contributed by atoms with Crippen LogP contribution in [0.4, 0.5) is 0 Å². The molecule has 0 unspecified atom stereocenters. The predicted octanol–water partition coefficient (Wildman–Crippen LogP) is 4.31. The van der Waals surface area contributed by atoms with Crippen molar-refractivity contribution in [3.05, 3.63) is 47.7 Å². The number of allylic oxidation sites excluding steroid dienone is 2. The van der Waals surface area contributed by atoms with Gasteiger partial charge in [-0.2, -0.15) is 0 Å². The van der Waals surface area contributed by atoms with Gasteiger partial charge >= 0.3 is 0 Å². The average molecular weight is 389 g/mol. The zero-order valence-corrected chi connectivity index (χ0v) is 16.6. The third kappa shape index (κ3) is 4.29. The molecule has 7 heteroatoms. The highest BCUT2D eigenvalue weighted by atomic mass is 35.5. The van der Waals surface area contributed by atoms with Crippen LogP contribution in [0.1, 0.15) is 39.7 Å². The van der Waals surface area contributed by atoms with E-state index in [4.69, 9.17) is 16.3 Å². The topological polar surface area (TPSA) is 72.5 Å². The van der Waals surface area contributed by atoms with Gasteiger partial charge < -0.3 is 14.4 Å². The van der Waals surface area contributed by atoms with E-state index < -0.39 is 5.79 Å². The first-order valence-corrected chi connectivity index (χ1v) is 9.37. The fourth-order valence-electron chi connectivity index (χ4n) is 3.86. The molecule has 0 radical (unpaired) electrons. The molecule has 6 nitrogen and oxygen atoms in total. The van der Waals surface area contributed by atoms with Crippen LogP contribution in [0, 0.1) is 5.92 Å². The quantitative estimate of drug-likeness (QED) is 0.346. The molecule has 1 N–H and O–H groups in total. The lowest BCUT2D eigenvalue weighted by molar-refractivity contribution is -0.210. The Morgan fingerprint density at radius 2 is 2.22 bits per heavy atom. The molecule has 0 amide bonds. The summed E-state index contributed by atoms with van der Waals surface area (Å²) >= 11 is 6.19. The van der Waals surface area contributed by atoms with Crippen molar-refractivity contribution in [1.29, 1.82) is 0 Å². The maximum absolute atomic E-state index is 10.2. The number of rotatable bonds is 6. The Balaban J connectivity index is 1.95. The summed E-state index contributed by atoms with van der Waals surface area (Å²) < 4.78 is 8.13. The number of aliphatic imine (C=N–C) groups is 1. The highest BCUT2D eigenvalue weighted by Crippen LogP contribution is 2.43. The van der Waals surface area contributed by atoms with Crippen LogP contribution in [0.5, 0.6) is 0 Å². The zero-order valence-electron chi connectivity index (χ0n) is 15.8. The summed E-state index contributed by atoms with van der Waals surface area (Å²) in [4.78, 5) is 12.3. The maximum atomic E-state index is 10.2. The number of aliphatic hydroxyl groups is 1. The Bertz CT molecular complexity index is 882. The zero-order chi connectivity index (χ0) is 19.6. The van der Waals surface area contributed by atoms with Crippen LogP contribution in [-0.4, -0.2) is 38.3 Å². The second-order valence-corrected chi connectivity index (χ2v) is 7.60. The summed E-state index contributed by atoms with van der Waals surface area (Å²) in [5.41, 5.74) is 1.93. The lowest BCUT2D eigenvalue weighted by Crippen LogP contribution is -2.32. The van der Waals surface area contributed by atoms with E-state index >= 15 is 0 Å². The third-order valence-corrected chi connectivity index (χ3v) is 5.21. The summed E-state index contributed by atoms with van der Waals surface area (Å²) in [6.45, 7) is 8.82. The van der Waals surface area contributed by atoms with Crippen molar-refractivity contribution in [3.63, 3.8) is 0 Å². The summed E-state index contributed by atoms with van der Waals surface area (Å²) in [7, 11) is 0. The fraction of sp³-hybridized carbons (Fsp3) is 0.450. The van der Waals surface area contributed by atoms with Crippen molar-refractivity contribution in [3.8, 4) is 0 Å². The number of ether oxygens (including phenoxy) is 1. The molecule has 2 aromatic heterocycles. The van der Waals surface area contributed by atoms with Gasteiger partial charge in [-0.25, -0.2) is 9.97 Å². The highest BCUT2D eigenvalue weighted by molar-refractivity contribution is 6.33. The van der Waals surface area contributed by atoms with Crippen LogP contribution in [0.3, 0.4) is 0 Å².